The van der Waals surface area contributed by atoms with Gasteiger partial charge in [0.05, 0.1) is 16.3 Å². The maximum Gasteiger partial charge on any atom is 0.129 e. The number of nitrogens with zero attached hydrogens (tertiary/aromatic N) is 2. The molecule has 0 aromatic carbocycles. The topological polar surface area (TPSA) is 62.3 Å². The lowest BCUT2D eigenvalue weighted by atomic mass is 9.95. The van der Waals surface area contributed by atoms with Crippen LogP contribution >= 0.6 is 11.3 Å². The highest BCUT2D eigenvalue weighted by Crippen LogP contribution is 2.35. The van der Waals surface area contributed by atoms with E-state index in [0.29, 0.717) is 10.6 Å². The second kappa shape index (κ2) is 4.55. The zero-order valence-corrected chi connectivity index (χ0v) is 11.0. The summed E-state index contributed by atoms with van der Waals surface area (Å²) in [7, 11) is 1.76. The summed E-state index contributed by atoms with van der Waals surface area (Å²) in [5.74, 6) is 0. The number of hydrogen-bond acceptors (Lipinski definition) is 5. The molecule has 2 heterocycles. The van der Waals surface area contributed by atoms with Crippen LogP contribution in [0.15, 0.2) is 6.07 Å². The summed E-state index contributed by atoms with van der Waals surface area (Å²) in [6.07, 6.45) is 2.18. The van der Waals surface area contributed by atoms with Crippen LogP contribution in [0.4, 0.5) is 10.7 Å². The molecule has 1 aromatic rings. The van der Waals surface area contributed by atoms with Gasteiger partial charge in [0.2, 0.25) is 0 Å². The molecule has 1 aromatic heterocycles. The monoisotopic (exact) mass is 251 g/mol. The Morgan fingerprint density at radius 1 is 1.65 bits per heavy atom. The molecule has 1 unspecified atom stereocenters. The zero-order valence-electron chi connectivity index (χ0n) is 10.2. The summed E-state index contributed by atoms with van der Waals surface area (Å²) in [5.41, 5.74) is 6.28. The predicted molar refractivity (Wildman–Crippen MR) is 70.3 cm³/mol. The van der Waals surface area contributed by atoms with Crippen molar-refractivity contribution >= 4 is 22.0 Å². The van der Waals surface area contributed by atoms with Crippen molar-refractivity contribution in [2.75, 3.05) is 30.8 Å². The number of nitriles is 1. The van der Waals surface area contributed by atoms with Crippen molar-refractivity contribution < 1.29 is 4.74 Å². The van der Waals surface area contributed by atoms with Gasteiger partial charge in [-0.3, -0.25) is 0 Å². The molecule has 2 N–H and O–H groups in total. The van der Waals surface area contributed by atoms with Gasteiger partial charge in [-0.2, -0.15) is 5.26 Å². The predicted octanol–water partition coefficient (Wildman–Crippen LogP) is 2.21. The lowest BCUT2D eigenvalue weighted by molar-refractivity contribution is -0.00451. The summed E-state index contributed by atoms with van der Waals surface area (Å²) in [5, 5.41) is 9.99. The van der Waals surface area contributed by atoms with E-state index >= 15 is 0 Å². The number of rotatable bonds is 2. The Labute approximate surface area is 106 Å². The fourth-order valence-electron chi connectivity index (χ4n) is 2.20. The van der Waals surface area contributed by atoms with Crippen molar-refractivity contribution in [1.29, 1.82) is 5.26 Å². The molecule has 5 heteroatoms. The first-order valence-corrected chi connectivity index (χ1v) is 6.49. The smallest absolute Gasteiger partial charge is 0.129 e. The Morgan fingerprint density at radius 3 is 3.00 bits per heavy atom. The zero-order chi connectivity index (χ0) is 12.5. The highest BCUT2D eigenvalue weighted by Gasteiger charge is 2.31. The molecular weight excluding hydrogens is 234 g/mol. The number of anilines is 2. The first-order chi connectivity index (χ1) is 8.08. The molecule has 0 amide bonds. The largest absolute Gasteiger partial charge is 0.397 e. The molecule has 92 valence electrons. The second-order valence-corrected chi connectivity index (χ2v) is 5.69. The van der Waals surface area contributed by atoms with E-state index in [1.165, 1.54) is 11.3 Å². The van der Waals surface area contributed by atoms with Gasteiger partial charge in [-0.1, -0.05) is 0 Å². The van der Waals surface area contributed by atoms with E-state index in [1.807, 2.05) is 6.07 Å². The van der Waals surface area contributed by atoms with Gasteiger partial charge in [0, 0.05) is 20.2 Å². The molecule has 0 saturated carbocycles. The first kappa shape index (κ1) is 12.2. The molecule has 0 spiro atoms. The molecule has 0 bridgehead atoms. The number of nitrogens with two attached hydrogens (primary N) is 1. The van der Waals surface area contributed by atoms with Crippen molar-refractivity contribution in [1.82, 2.24) is 0 Å². The highest BCUT2D eigenvalue weighted by atomic mass is 32.1. The summed E-state index contributed by atoms with van der Waals surface area (Å²) >= 11 is 1.46. The minimum Gasteiger partial charge on any atom is -0.397 e. The van der Waals surface area contributed by atoms with Crippen molar-refractivity contribution in [2.45, 2.75) is 25.4 Å². The van der Waals surface area contributed by atoms with E-state index in [-0.39, 0.29) is 5.60 Å². The maximum absolute atomic E-state index is 8.92. The van der Waals surface area contributed by atoms with Gasteiger partial charge in [-0.15, -0.1) is 11.3 Å². The van der Waals surface area contributed by atoms with Gasteiger partial charge in [-0.25, -0.2) is 0 Å². The average Bonchev–Trinajstić information content (AvgIpc) is 2.71. The molecule has 1 aliphatic rings. The number of ether oxygens (including phenoxy) is 1. The Hall–Kier alpha value is -1.25. The number of hydrogen-bond donors (Lipinski definition) is 1. The number of piperidine rings is 1. The third-order valence-corrected chi connectivity index (χ3v) is 4.43. The van der Waals surface area contributed by atoms with Crippen LogP contribution in [0.25, 0.3) is 0 Å². The molecular formula is C12H17N3OS. The number of thiophene rings is 1. The fourth-order valence-corrected chi connectivity index (χ4v) is 3.10. The van der Waals surface area contributed by atoms with E-state index in [1.54, 1.807) is 7.11 Å². The summed E-state index contributed by atoms with van der Waals surface area (Å²) in [6.45, 7) is 3.99. The number of methoxy groups -OCH3 is 1. The quantitative estimate of drug-likeness (QED) is 0.875. The Bertz CT molecular complexity index is 451. The lowest BCUT2D eigenvalue weighted by Crippen LogP contribution is -2.47. The molecule has 1 fully saturated rings. The van der Waals surface area contributed by atoms with E-state index in [9.17, 15) is 0 Å². The number of nitrogen functional groups attached to an aromatic ring is 1. The Kier molecular flexibility index (Phi) is 3.27. The Morgan fingerprint density at radius 2 is 2.41 bits per heavy atom. The molecule has 4 nitrogen and oxygen atoms in total. The standard InChI is InChI=1S/C12H17N3OS/c1-12(16-2)4-3-5-15(8-12)11-6-9(14)10(7-13)17-11/h6H,3-5,8,14H2,1-2H3. The molecule has 17 heavy (non-hydrogen) atoms. The minimum atomic E-state index is -0.0934. The third-order valence-electron chi connectivity index (χ3n) is 3.31. The van der Waals surface area contributed by atoms with Crippen LogP contribution in [0.5, 0.6) is 0 Å². The van der Waals surface area contributed by atoms with Gasteiger partial charge >= 0.3 is 0 Å². The van der Waals surface area contributed by atoms with Crippen LogP contribution < -0.4 is 10.6 Å². The minimum absolute atomic E-state index is 0.0934. The first-order valence-electron chi connectivity index (χ1n) is 5.67. The van der Waals surface area contributed by atoms with Gasteiger partial charge < -0.3 is 15.4 Å². The molecule has 1 atom stereocenters. The van der Waals surface area contributed by atoms with E-state index in [4.69, 9.17) is 15.7 Å². The van der Waals surface area contributed by atoms with E-state index in [0.717, 1.165) is 30.9 Å². The maximum atomic E-state index is 8.92. The van der Waals surface area contributed by atoms with Crippen molar-refractivity contribution in [2.24, 2.45) is 0 Å². The van der Waals surface area contributed by atoms with Crippen LogP contribution in [-0.4, -0.2) is 25.8 Å². The Balaban J connectivity index is 2.19. The van der Waals surface area contributed by atoms with E-state index in [2.05, 4.69) is 17.9 Å². The highest BCUT2D eigenvalue weighted by molar-refractivity contribution is 7.17. The lowest BCUT2D eigenvalue weighted by Gasteiger charge is -2.39. The molecule has 1 aliphatic heterocycles. The van der Waals surface area contributed by atoms with Crippen LogP contribution in [0.3, 0.4) is 0 Å². The van der Waals surface area contributed by atoms with E-state index < -0.39 is 0 Å². The third kappa shape index (κ3) is 2.38. The molecule has 0 radical (unpaired) electrons. The van der Waals surface area contributed by atoms with Gasteiger partial charge in [0.1, 0.15) is 10.9 Å². The molecule has 2 rings (SSSR count). The van der Waals surface area contributed by atoms with Gasteiger partial charge in [0.15, 0.2) is 0 Å². The van der Waals surface area contributed by atoms with Crippen molar-refractivity contribution in [3.8, 4) is 6.07 Å². The summed E-state index contributed by atoms with van der Waals surface area (Å²) < 4.78 is 5.56. The normalized spacial score (nSPS) is 24.6. The fraction of sp³-hybridized carbons (Fsp3) is 0.583. The van der Waals surface area contributed by atoms with Gasteiger partial charge in [-0.05, 0) is 25.8 Å². The molecule has 0 aliphatic carbocycles. The van der Waals surface area contributed by atoms with Crippen molar-refractivity contribution in [3.05, 3.63) is 10.9 Å². The summed E-state index contributed by atoms with van der Waals surface area (Å²) in [6, 6.07) is 4.02. The average molecular weight is 251 g/mol. The molecule has 1 saturated heterocycles. The van der Waals surface area contributed by atoms with Crippen LogP contribution in [0, 0.1) is 11.3 Å². The van der Waals surface area contributed by atoms with Crippen LogP contribution in [-0.2, 0) is 4.74 Å². The summed E-state index contributed by atoms with van der Waals surface area (Å²) in [4.78, 5) is 2.86. The van der Waals surface area contributed by atoms with Crippen molar-refractivity contribution in [3.63, 3.8) is 0 Å². The van der Waals surface area contributed by atoms with Crippen LogP contribution in [0.1, 0.15) is 24.6 Å². The SMILES string of the molecule is COC1(C)CCCN(c2cc(N)c(C#N)s2)C1. The van der Waals surface area contributed by atoms with Crippen LogP contribution in [0.2, 0.25) is 0 Å². The van der Waals surface area contributed by atoms with Gasteiger partial charge in [0.25, 0.3) is 0 Å². The second-order valence-electron chi connectivity index (χ2n) is 4.66.